The molecule has 5 rings (SSSR count). The van der Waals surface area contributed by atoms with Gasteiger partial charge in [-0.05, 0) is 74.7 Å². The van der Waals surface area contributed by atoms with Crippen molar-refractivity contribution in [3.8, 4) is 12.1 Å². The molecule has 2 aromatic carbocycles. The van der Waals surface area contributed by atoms with Crippen LogP contribution in [0.2, 0.25) is 0 Å². The summed E-state index contributed by atoms with van der Waals surface area (Å²) in [6.45, 7) is 6.41. The lowest BCUT2D eigenvalue weighted by molar-refractivity contribution is -0.539. The number of azo groups is 1. The first-order valence-corrected chi connectivity index (χ1v) is 14.8. The van der Waals surface area contributed by atoms with Gasteiger partial charge >= 0.3 is 0 Å². The van der Waals surface area contributed by atoms with Gasteiger partial charge in [0.15, 0.2) is 5.69 Å². The number of anilines is 3. The molecular weight excluding hydrogens is 553 g/mol. The normalized spacial score (nSPS) is 12.7. The molecule has 0 unspecified atom stereocenters. The molecule has 2 aromatic heterocycles. The Balaban J connectivity index is 1.14. The highest BCUT2D eigenvalue weighted by Crippen LogP contribution is 2.30. The van der Waals surface area contributed by atoms with Gasteiger partial charge in [0.25, 0.3) is 0 Å². The molecule has 0 amide bonds. The number of rotatable bonds is 10. The van der Waals surface area contributed by atoms with E-state index in [9.17, 15) is 0 Å². The summed E-state index contributed by atoms with van der Waals surface area (Å²) >= 11 is 3.09. The molecule has 10 nitrogen and oxygen atoms in total. The fourth-order valence-corrected chi connectivity index (χ4v) is 5.97. The van der Waals surface area contributed by atoms with Gasteiger partial charge < -0.3 is 4.90 Å². The number of thiazole rings is 1. The number of hydrogen-bond acceptors (Lipinski definition) is 10. The molecule has 3 heterocycles. The van der Waals surface area contributed by atoms with Crippen molar-refractivity contribution in [3.63, 3.8) is 0 Å². The summed E-state index contributed by atoms with van der Waals surface area (Å²) in [6.07, 6.45) is 5.63. The molecule has 12 heteroatoms. The van der Waals surface area contributed by atoms with Gasteiger partial charge in [-0.3, -0.25) is 0 Å². The number of quaternary nitrogens is 2. The number of thiophene rings is 1. The number of nitrogen functional groups attached to an aromatic ring is 2. The van der Waals surface area contributed by atoms with Gasteiger partial charge in [-0.15, -0.1) is 10.2 Å². The summed E-state index contributed by atoms with van der Waals surface area (Å²) in [5.74, 6) is 0. The molecule has 41 heavy (non-hydrogen) atoms. The molecule has 1 fully saturated rings. The molecule has 0 saturated carbocycles. The lowest BCUT2D eigenvalue weighted by Gasteiger charge is -2.13. The molecule has 0 aliphatic carbocycles. The highest BCUT2D eigenvalue weighted by Gasteiger charge is 2.15. The summed E-state index contributed by atoms with van der Waals surface area (Å²) in [6, 6.07) is 20.3. The van der Waals surface area contributed by atoms with E-state index in [1.807, 2.05) is 54.0 Å². The maximum absolute atomic E-state index is 8.90. The zero-order valence-electron chi connectivity index (χ0n) is 22.8. The summed E-state index contributed by atoms with van der Waals surface area (Å²) in [5, 5.41) is 29.4. The zero-order chi connectivity index (χ0) is 28.6. The van der Waals surface area contributed by atoms with E-state index in [0.717, 1.165) is 47.0 Å². The summed E-state index contributed by atoms with van der Waals surface area (Å²) in [7, 11) is 0. The highest BCUT2D eigenvalue weighted by atomic mass is 32.1. The molecule has 0 spiro atoms. The van der Waals surface area contributed by atoms with Crippen LogP contribution in [0, 0.1) is 36.5 Å². The quantitative estimate of drug-likeness (QED) is 0.0619. The van der Waals surface area contributed by atoms with Crippen LogP contribution in [0.25, 0.3) is 6.08 Å². The molecule has 0 radical (unpaired) electrons. The van der Waals surface area contributed by atoms with Gasteiger partial charge in [0, 0.05) is 37.0 Å². The van der Waals surface area contributed by atoms with Crippen LogP contribution < -0.4 is 26.6 Å². The van der Waals surface area contributed by atoms with Crippen LogP contribution in [0.5, 0.6) is 0 Å². The topological polar surface area (TPSA) is 146 Å². The third-order valence-electron chi connectivity index (χ3n) is 6.55. The van der Waals surface area contributed by atoms with E-state index in [4.69, 9.17) is 10.5 Å². The first kappa shape index (κ1) is 28.0. The maximum atomic E-state index is 8.90. The Morgan fingerprint density at radius 3 is 2.39 bits per heavy atom. The van der Waals surface area contributed by atoms with Crippen molar-refractivity contribution in [2.24, 2.45) is 10.2 Å². The van der Waals surface area contributed by atoms with Crippen molar-refractivity contribution in [3.05, 3.63) is 76.3 Å². The number of aromatic nitrogens is 1. The minimum atomic E-state index is 0.0228. The third-order valence-corrected chi connectivity index (χ3v) is 8.48. The molecule has 6 N–H and O–H groups in total. The monoisotopic (exact) mass is 582 g/mol. The molecule has 1 aliphatic rings. The van der Waals surface area contributed by atoms with Crippen LogP contribution in [0.1, 0.15) is 28.8 Å². The van der Waals surface area contributed by atoms with Crippen molar-refractivity contribution >= 4 is 66.6 Å². The van der Waals surface area contributed by atoms with Gasteiger partial charge in [-0.25, -0.2) is 26.7 Å². The van der Waals surface area contributed by atoms with Crippen molar-refractivity contribution < 1.29 is 10.9 Å². The Labute approximate surface area is 246 Å². The summed E-state index contributed by atoms with van der Waals surface area (Å²) < 4.78 is 0. The maximum Gasteiger partial charge on any atom is 0.230 e. The molecule has 0 bridgehead atoms. The Hall–Kier alpha value is -4.59. The summed E-state index contributed by atoms with van der Waals surface area (Å²) in [4.78, 5) is 7.33. The predicted molar refractivity (Wildman–Crippen MR) is 164 cm³/mol. The number of allylic oxidation sites excluding steroid dienone is 1. The molecule has 0 atom stereocenters. The number of nitrogens with two attached hydrogens (primary N) is 2. The molecule has 4 aromatic rings. The fourth-order valence-electron chi connectivity index (χ4n) is 4.35. The van der Waals surface area contributed by atoms with E-state index in [1.54, 1.807) is 6.20 Å². The smallest absolute Gasteiger partial charge is 0.230 e. The van der Waals surface area contributed by atoms with Crippen LogP contribution in [0.4, 0.5) is 37.9 Å². The molecule has 206 valence electrons. The number of nitrogens with zero attached hydrogens (tertiary/aromatic N) is 6. The zero-order valence-corrected chi connectivity index (χ0v) is 24.4. The van der Waals surface area contributed by atoms with E-state index in [0.29, 0.717) is 10.0 Å². The lowest BCUT2D eigenvalue weighted by Crippen LogP contribution is -2.83. The Bertz CT molecular complexity index is 1650. The van der Waals surface area contributed by atoms with E-state index in [2.05, 4.69) is 73.6 Å². The average Bonchev–Trinajstić information content (AvgIpc) is 3.76. The second kappa shape index (κ2) is 13.2. The van der Waals surface area contributed by atoms with Gasteiger partial charge in [0.05, 0.1) is 26.9 Å². The van der Waals surface area contributed by atoms with Crippen molar-refractivity contribution in [2.45, 2.75) is 26.7 Å². The van der Waals surface area contributed by atoms with E-state index in [-0.39, 0.29) is 5.57 Å². The van der Waals surface area contributed by atoms with Crippen LogP contribution in [0.15, 0.2) is 70.5 Å². The number of nitrogens with one attached hydrogen (secondary N) is 2. The Morgan fingerprint density at radius 2 is 1.66 bits per heavy atom. The first-order chi connectivity index (χ1) is 20.0. The van der Waals surface area contributed by atoms with Crippen molar-refractivity contribution in [1.82, 2.24) is 4.98 Å². The van der Waals surface area contributed by atoms with Gasteiger partial charge in [0.1, 0.15) is 17.7 Å². The second-order valence-corrected chi connectivity index (χ2v) is 11.7. The number of hydrogen-bond donors (Lipinski definition) is 4. The second-order valence-electron chi connectivity index (χ2n) is 9.55. The van der Waals surface area contributed by atoms with Crippen LogP contribution in [-0.4, -0.2) is 18.1 Å². The molecular formula is C29H30N10S2+2. The van der Waals surface area contributed by atoms with Gasteiger partial charge in [-0.1, -0.05) is 22.7 Å². The lowest BCUT2D eigenvalue weighted by atomic mass is 10.2. The summed E-state index contributed by atoms with van der Waals surface area (Å²) in [5.41, 5.74) is 16.9. The van der Waals surface area contributed by atoms with Crippen molar-refractivity contribution in [1.29, 1.82) is 10.5 Å². The van der Waals surface area contributed by atoms with E-state index in [1.165, 1.54) is 40.3 Å². The van der Waals surface area contributed by atoms with E-state index < -0.39 is 0 Å². The van der Waals surface area contributed by atoms with Gasteiger partial charge in [-0.2, -0.15) is 10.5 Å². The van der Waals surface area contributed by atoms with Gasteiger partial charge in [0.2, 0.25) is 10.1 Å². The first-order valence-electron chi connectivity index (χ1n) is 13.2. The van der Waals surface area contributed by atoms with Crippen LogP contribution in [-0.2, 0) is 0 Å². The third kappa shape index (κ3) is 7.33. The van der Waals surface area contributed by atoms with Crippen molar-refractivity contribution in [2.75, 3.05) is 28.8 Å². The molecule has 1 saturated heterocycles. The molecule has 1 aliphatic heterocycles. The minimum Gasteiger partial charge on any atom is -0.363 e. The largest absolute Gasteiger partial charge is 0.363 e. The van der Waals surface area contributed by atoms with Crippen LogP contribution >= 0.6 is 22.7 Å². The number of nitriles is 2. The Morgan fingerprint density at radius 1 is 0.927 bits per heavy atom. The fraction of sp³-hybridized carbons (Fsp3) is 0.207. The SMILES string of the molecule is Cc1cc(N[NH2+]c2ccc(N[NH2+]c3ccc(N4CCCC4)s3)cc2C)ccc1N=Nc1ncc(C=C(C#N)C#N)s1. The number of aryl methyl sites for hydroxylation is 2. The average molecular weight is 583 g/mol. The predicted octanol–water partition coefficient (Wildman–Crippen LogP) is 5.71. The standard InChI is InChI=1S/C29H28N10S2/c1-19-14-23(34-37-27-9-10-28(41-27)39-11-3-4-12-39)6-7-25(19)35-33-22-5-8-26(20(2)13-22)36-38-29-32-18-24(40-29)15-21(16-30)17-31/h5-10,13-15,18,33-35,37H,3-4,11-12H2,1-2H3/p+2. The minimum absolute atomic E-state index is 0.0228. The highest BCUT2D eigenvalue weighted by molar-refractivity contribution is 7.19. The van der Waals surface area contributed by atoms with Crippen LogP contribution in [0.3, 0.4) is 0 Å². The van der Waals surface area contributed by atoms with E-state index >= 15 is 0 Å². The number of benzene rings is 2. The Kier molecular flexibility index (Phi) is 8.98.